The molecule has 4 rings (SSSR count). The van der Waals surface area contributed by atoms with E-state index in [9.17, 15) is 13.2 Å². The summed E-state index contributed by atoms with van der Waals surface area (Å²) < 4.78 is 32.0. The van der Waals surface area contributed by atoms with Crippen LogP contribution in [0.2, 0.25) is 0 Å². The Morgan fingerprint density at radius 3 is 2.24 bits per heavy atom. The van der Waals surface area contributed by atoms with Crippen LogP contribution >= 0.6 is 0 Å². The second-order valence-electron chi connectivity index (χ2n) is 8.14. The highest BCUT2D eigenvalue weighted by atomic mass is 32.2. The molecule has 1 unspecified atom stereocenters. The zero-order chi connectivity index (χ0) is 23.3. The summed E-state index contributed by atoms with van der Waals surface area (Å²) in [5, 5.41) is 3.15. The first-order valence-corrected chi connectivity index (χ1v) is 12.6. The highest BCUT2D eigenvalue weighted by Crippen LogP contribution is 2.25. The van der Waals surface area contributed by atoms with Gasteiger partial charge in [0.15, 0.2) is 0 Å². The highest BCUT2D eigenvalue weighted by molar-refractivity contribution is 7.88. The molecule has 1 heterocycles. The van der Waals surface area contributed by atoms with Crippen molar-refractivity contribution in [2.45, 2.75) is 18.7 Å². The van der Waals surface area contributed by atoms with E-state index in [2.05, 4.69) is 5.32 Å². The molecular formula is C26H28N2O4S. The number of hydrogen-bond donors (Lipinski definition) is 1. The molecule has 1 aliphatic rings. The van der Waals surface area contributed by atoms with E-state index < -0.39 is 10.0 Å². The summed E-state index contributed by atoms with van der Waals surface area (Å²) in [7, 11) is -3.41. The Morgan fingerprint density at radius 2 is 1.58 bits per heavy atom. The average molecular weight is 465 g/mol. The predicted molar refractivity (Wildman–Crippen MR) is 128 cm³/mol. The number of carbonyl (C=O) groups excluding carboxylic acids is 1. The van der Waals surface area contributed by atoms with E-state index in [0.29, 0.717) is 37.4 Å². The minimum Gasteiger partial charge on any atom is -0.379 e. The Hall–Kier alpha value is -3.00. The lowest BCUT2D eigenvalue weighted by molar-refractivity contribution is 0.0729. The fraction of sp³-hybridized carbons (Fsp3) is 0.269. The molecule has 0 aliphatic carbocycles. The highest BCUT2D eigenvalue weighted by Gasteiger charge is 2.25. The van der Waals surface area contributed by atoms with Gasteiger partial charge in [-0.15, -0.1) is 0 Å². The molecule has 1 saturated heterocycles. The first-order valence-electron chi connectivity index (χ1n) is 11.0. The van der Waals surface area contributed by atoms with Gasteiger partial charge in [0, 0.05) is 18.7 Å². The van der Waals surface area contributed by atoms with Gasteiger partial charge >= 0.3 is 0 Å². The number of benzene rings is 3. The van der Waals surface area contributed by atoms with E-state index in [0.717, 1.165) is 16.7 Å². The number of morpholine rings is 1. The maximum atomic E-state index is 13.1. The first kappa shape index (κ1) is 23.2. The molecule has 6 nitrogen and oxygen atoms in total. The van der Waals surface area contributed by atoms with Gasteiger partial charge in [-0.2, -0.15) is 4.31 Å². The number of amides is 1. The van der Waals surface area contributed by atoms with E-state index in [1.54, 1.807) is 24.3 Å². The number of nitrogens with zero attached hydrogens (tertiary/aromatic N) is 1. The van der Waals surface area contributed by atoms with E-state index in [4.69, 9.17) is 4.74 Å². The Balaban J connectivity index is 1.50. The molecule has 172 valence electrons. The van der Waals surface area contributed by atoms with Gasteiger partial charge in [-0.3, -0.25) is 4.79 Å². The fourth-order valence-corrected chi connectivity index (χ4v) is 5.49. The summed E-state index contributed by atoms with van der Waals surface area (Å²) in [6.45, 7) is 3.62. The maximum Gasteiger partial charge on any atom is 0.252 e. The van der Waals surface area contributed by atoms with Crippen molar-refractivity contribution in [2.24, 2.45) is 0 Å². The van der Waals surface area contributed by atoms with Crippen LogP contribution in [-0.4, -0.2) is 44.9 Å². The van der Waals surface area contributed by atoms with Gasteiger partial charge in [-0.25, -0.2) is 8.42 Å². The molecule has 1 atom stereocenters. The quantitative estimate of drug-likeness (QED) is 0.579. The minimum atomic E-state index is -3.41. The van der Waals surface area contributed by atoms with Gasteiger partial charge < -0.3 is 10.1 Å². The van der Waals surface area contributed by atoms with Crippen molar-refractivity contribution in [2.75, 3.05) is 26.3 Å². The van der Waals surface area contributed by atoms with Gasteiger partial charge in [0.1, 0.15) is 0 Å². The van der Waals surface area contributed by atoms with Crippen LogP contribution < -0.4 is 5.32 Å². The monoisotopic (exact) mass is 464 g/mol. The number of ether oxygens (including phenoxy) is 1. The summed E-state index contributed by atoms with van der Waals surface area (Å²) in [5.41, 5.74) is 4.25. The molecule has 1 amide bonds. The topological polar surface area (TPSA) is 75.7 Å². The van der Waals surface area contributed by atoms with Crippen LogP contribution in [0.3, 0.4) is 0 Å². The van der Waals surface area contributed by atoms with Crippen LogP contribution in [0, 0.1) is 6.92 Å². The first-order chi connectivity index (χ1) is 15.9. The van der Waals surface area contributed by atoms with Crippen LogP contribution in [0.4, 0.5) is 0 Å². The number of nitrogens with one attached hydrogen (secondary N) is 1. The number of carbonyl (C=O) groups is 1. The molecule has 7 heteroatoms. The Bertz CT molecular complexity index is 1190. The van der Waals surface area contributed by atoms with Gasteiger partial charge in [0.2, 0.25) is 10.0 Å². The maximum absolute atomic E-state index is 13.1. The lowest BCUT2D eigenvalue weighted by atomic mass is 9.94. The zero-order valence-electron chi connectivity index (χ0n) is 18.6. The lowest BCUT2D eigenvalue weighted by Crippen LogP contribution is -2.41. The smallest absolute Gasteiger partial charge is 0.252 e. The molecule has 3 aromatic rings. The third-order valence-electron chi connectivity index (χ3n) is 5.84. The summed E-state index contributed by atoms with van der Waals surface area (Å²) in [5.74, 6) is -0.306. The van der Waals surface area contributed by atoms with E-state index in [-0.39, 0.29) is 17.7 Å². The molecule has 0 spiro atoms. The second-order valence-corrected chi connectivity index (χ2v) is 10.1. The van der Waals surface area contributed by atoms with Crippen molar-refractivity contribution in [1.82, 2.24) is 9.62 Å². The third-order valence-corrected chi connectivity index (χ3v) is 7.69. The van der Waals surface area contributed by atoms with Crippen LogP contribution in [0.1, 0.15) is 38.7 Å². The van der Waals surface area contributed by atoms with Gasteiger partial charge in [0.25, 0.3) is 5.91 Å². The normalized spacial score (nSPS) is 15.7. The van der Waals surface area contributed by atoms with E-state index >= 15 is 0 Å². The number of rotatable bonds is 7. The summed E-state index contributed by atoms with van der Waals surface area (Å²) in [4.78, 5) is 13.1. The van der Waals surface area contributed by atoms with Crippen LogP contribution in [0.5, 0.6) is 0 Å². The Kier molecular flexibility index (Phi) is 7.23. The van der Waals surface area contributed by atoms with Crippen LogP contribution in [0.15, 0.2) is 78.9 Å². The largest absolute Gasteiger partial charge is 0.379 e. The second kappa shape index (κ2) is 10.3. The van der Waals surface area contributed by atoms with Gasteiger partial charge in [-0.1, -0.05) is 66.7 Å². The SMILES string of the molecule is Cc1ccccc1C(NC(=O)c1ccc(CS(=O)(=O)N2CCOCC2)cc1)c1ccccc1. The van der Waals surface area contributed by atoms with E-state index in [1.807, 2.05) is 61.5 Å². The Labute approximate surface area is 195 Å². The molecular weight excluding hydrogens is 436 g/mol. The van der Waals surface area contributed by atoms with Crippen LogP contribution in [-0.2, 0) is 20.5 Å². The van der Waals surface area contributed by atoms with Crippen molar-refractivity contribution < 1.29 is 17.9 Å². The van der Waals surface area contributed by atoms with Crippen molar-refractivity contribution in [3.05, 3.63) is 107 Å². The molecule has 0 bridgehead atoms. The lowest BCUT2D eigenvalue weighted by Gasteiger charge is -2.26. The molecule has 0 radical (unpaired) electrons. The van der Waals surface area contributed by atoms with Crippen molar-refractivity contribution in [3.8, 4) is 0 Å². The van der Waals surface area contributed by atoms with E-state index in [1.165, 1.54) is 4.31 Å². The van der Waals surface area contributed by atoms with Gasteiger partial charge in [0.05, 0.1) is 25.0 Å². The predicted octanol–water partition coefficient (Wildman–Crippen LogP) is 3.68. The molecule has 0 aromatic heterocycles. The molecule has 1 aliphatic heterocycles. The molecule has 1 fully saturated rings. The van der Waals surface area contributed by atoms with Crippen molar-refractivity contribution in [1.29, 1.82) is 0 Å². The molecule has 33 heavy (non-hydrogen) atoms. The number of sulfonamides is 1. The summed E-state index contributed by atoms with van der Waals surface area (Å²) >= 11 is 0. The number of aryl methyl sites for hydroxylation is 1. The van der Waals surface area contributed by atoms with Crippen molar-refractivity contribution >= 4 is 15.9 Å². The fourth-order valence-electron chi connectivity index (χ4n) is 3.99. The third kappa shape index (κ3) is 5.68. The zero-order valence-corrected chi connectivity index (χ0v) is 19.4. The average Bonchev–Trinajstić information content (AvgIpc) is 2.84. The Morgan fingerprint density at radius 1 is 0.939 bits per heavy atom. The minimum absolute atomic E-state index is 0.0925. The van der Waals surface area contributed by atoms with Crippen LogP contribution in [0.25, 0.3) is 0 Å². The van der Waals surface area contributed by atoms with Crippen molar-refractivity contribution in [3.63, 3.8) is 0 Å². The molecule has 0 saturated carbocycles. The standard InChI is InChI=1S/C26H28N2O4S/c1-20-7-5-6-10-24(20)25(22-8-3-2-4-9-22)27-26(29)23-13-11-21(12-14-23)19-33(30,31)28-15-17-32-18-16-28/h2-14,25H,15-19H2,1H3,(H,27,29). The summed E-state index contributed by atoms with van der Waals surface area (Å²) in [6, 6.07) is 24.3. The molecule has 1 N–H and O–H groups in total. The van der Waals surface area contributed by atoms with Gasteiger partial charge in [-0.05, 0) is 41.3 Å². The number of hydrogen-bond acceptors (Lipinski definition) is 4. The summed E-state index contributed by atoms with van der Waals surface area (Å²) in [6.07, 6.45) is 0. The molecule has 3 aromatic carbocycles.